The second-order valence-electron chi connectivity index (χ2n) is 3.25. The van der Waals surface area contributed by atoms with Gasteiger partial charge in [-0.25, -0.2) is 0 Å². The van der Waals surface area contributed by atoms with Gasteiger partial charge in [-0.15, -0.1) is 0 Å². The van der Waals surface area contributed by atoms with E-state index < -0.39 is 5.25 Å². The summed E-state index contributed by atoms with van der Waals surface area (Å²) in [7, 11) is 0. The fourth-order valence-corrected chi connectivity index (χ4v) is 2.10. The largest absolute Gasteiger partial charge is 0.465 e. The van der Waals surface area contributed by atoms with Gasteiger partial charge in [0.2, 0.25) is 0 Å². The van der Waals surface area contributed by atoms with E-state index in [9.17, 15) is 4.79 Å². The number of benzene rings is 1. The van der Waals surface area contributed by atoms with E-state index in [1.807, 2.05) is 23.6 Å². The van der Waals surface area contributed by atoms with Gasteiger partial charge < -0.3 is 4.74 Å². The number of hydrogen-bond donors (Lipinski definition) is 0. The Morgan fingerprint density at radius 2 is 2.29 bits per heavy atom. The molecule has 1 atom stereocenters. The maximum atomic E-state index is 11.6. The van der Waals surface area contributed by atoms with Gasteiger partial charge in [0, 0.05) is 5.02 Å². The second-order valence-corrected chi connectivity index (χ2v) is 4.64. The van der Waals surface area contributed by atoms with E-state index in [-0.39, 0.29) is 5.97 Å². The summed E-state index contributed by atoms with van der Waals surface area (Å²) in [4.78, 5) is 11.6. The van der Waals surface area contributed by atoms with Crippen molar-refractivity contribution in [3.63, 3.8) is 0 Å². The Labute approximate surface area is 110 Å². The van der Waals surface area contributed by atoms with Crippen LogP contribution in [0.15, 0.2) is 24.3 Å². The van der Waals surface area contributed by atoms with Crippen LogP contribution in [0.2, 0.25) is 5.02 Å². The molecule has 0 aromatic heterocycles. The molecule has 0 fully saturated rings. The molecular formula is C12H12ClNO2S. The van der Waals surface area contributed by atoms with Crippen LogP contribution < -0.4 is 0 Å². The SMILES string of the molecule is CCOC(=O)C(Cc1ccccc1Cl)SC#N. The number of thiocyanates is 1. The summed E-state index contributed by atoms with van der Waals surface area (Å²) in [6, 6.07) is 7.27. The van der Waals surface area contributed by atoms with Gasteiger partial charge in [-0.05, 0) is 36.7 Å². The Balaban J connectivity index is 2.77. The van der Waals surface area contributed by atoms with Crippen molar-refractivity contribution >= 4 is 29.3 Å². The van der Waals surface area contributed by atoms with E-state index in [1.54, 1.807) is 13.0 Å². The molecule has 0 saturated carbocycles. The molecule has 0 heterocycles. The highest BCUT2D eigenvalue weighted by Gasteiger charge is 2.21. The highest BCUT2D eigenvalue weighted by molar-refractivity contribution is 8.04. The maximum absolute atomic E-state index is 11.6. The summed E-state index contributed by atoms with van der Waals surface area (Å²) in [6.45, 7) is 2.05. The standard InChI is InChI=1S/C12H12ClNO2S/c1-2-16-12(15)11(17-8-14)7-9-5-3-4-6-10(9)13/h3-6,11H,2,7H2,1H3. The van der Waals surface area contributed by atoms with E-state index in [2.05, 4.69) is 0 Å². The summed E-state index contributed by atoms with van der Waals surface area (Å²) in [5.41, 5.74) is 0.843. The van der Waals surface area contributed by atoms with Crippen molar-refractivity contribution in [3.8, 4) is 5.40 Å². The normalized spacial score (nSPS) is 11.6. The fraction of sp³-hybridized carbons (Fsp3) is 0.333. The summed E-state index contributed by atoms with van der Waals surface area (Å²) >= 11 is 6.91. The number of carbonyl (C=O) groups excluding carboxylic acids is 1. The molecule has 17 heavy (non-hydrogen) atoms. The molecule has 0 N–H and O–H groups in total. The predicted octanol–water partition coefficient (Wildman–Crippen LogP) is 3.03. The third-order valence-corrected chi connectivity index (χ3v) is 3.23. The lowest BCUT2D eigenvalue weighted by molar-refractivity contribution is -0.142. The van der Waals surface area contributed by atoms with Crippen molar-refractivity contribution in [2.75, 3.05) is 6.61 Å². The Kier molecular flexibility index (Phi) is 5.88. The van der Waals surface area contributed by atoms with Gasteiger partial charge in [-0.3, -0.25) is 4.79 Å². The van der Waals surface area contributed by atoms with Crippen LogP contribution in [0.1, 0.15) is 12.5 Å². The number of esters is 1. The summed E-state index contributed by atoms with van der Waals surface area (Å²) in [6.07, 6.45) is 0.400. The number of rotatable bonds is 5. The van der Waals surface area contributed by atoms with Crippen LogP contribution in [0, 0.1) is 10.7 Å². The average Bonchev–Trinajstić information content (AvgIpc) is 2.31. The van der Waals surface area contributed by atoms with Gasteiger partial charge in [-0.1, -0.05) is 29.8 Å². The third kappa shape index (κ3) is 4.29. The van der Waals surface area contributed by atoms with Crippen LogP contribution in [0.25, 0.3) is 0 Å². The number of nitriles is 1. The number of nitrogens with zero attached hydrogens (tertiary/aromatic N) is 1. The molecule has 0 aliphatic carbocycles. The molecule has 0 saturated heterocycles. The Bertz CT molecular complexity index is 431. The first kappa shape index (κ1) is 13.9. The van der Waals surface area contributed by atoms with Gasteiger partial charge in [0.05, 0.1) is 6.61 Å². The number of ether oxygens (including phenoxy) is 1. The zero-order valence-electron chi connectivity index (χ0n) is 9.35. The molecule has 0 bridgehead atoms. The van der Waals surface area contributed by atoms with Crippen LogP contribution in [-0.2, 0) is 16.0 Å². The van der Waals surface area contributed by atoms with Crippen molar-refractivity contribution in [3.05, 3.63) is 34.9 Å². The Morgan fingerprint density at radius 1 is 1.59 bits per heavy atom. The van der Waals surface area contributed by atoms with E-state index in [0.29, 0.717) is 18.1 Å². The second kappa shape index (κ2) is 7.21. The minimum atomic E-state index is -0.528. The first-order valence-electron chi connectivity index (χ1n) is 5.13. The molecule has 0 aliphatic rings. The molecule has 0 amide bonds. The lowest BCUT2D eigenvalue weighted by Crippen LogP contribution is -2.22. The van der Waals surface area contributed by atoms with Crippen LogP contribution in [0.4, 0.5) is 0 Å². The molecule has 5 heteroatoms. The van der Waals surface area contributed by atoms with E-state index in [4.69, 9.17) is 21.6 Å². The van der Waals surface area contributed by atoms with Gasteiger partial charge >= 0.3 is 5.97 Å². The van der Waals surface area contributed by atoms with Crippen molar-refractivity contribution in [1.82, 2.24) is 0 Å². The average molecular weight is 270 g/mol. The summed E-state index contributed by atoms with van der Waals surface area (Å²) in [5, 5.41) is 10.7. The highest BCUT2D eigenvalue weighted by atomic mass is 35.5. The molecule has 1 rings (SSSR count). The Hall–Kier alpha value is -1.18. The van der Waals surface area contributed by atoms with Crippen LogP contribution in [-0.4, -0.2) is 17.8 Å². The fourth-order valence-electron chi connectivity index (χ4n) is 1.34. The monoisotopic (exact) mass is 269 g/mol. The molecule has 1 aromatic rings. The van der Waals surface area contributed by atoms with E-state index >= 15 is 0 Å². The molecule has 0 spiro atoms. The zero-order chi connectivity index (χ0) is 12.7. The van der Waals surface area contributed by atoms with Crippen LogP contribution in [0.3, 0.4) is 0 Å². The number of thioether (sulfide) groups is 1. The Morgan fingerprint density at radius 3 is 2.88 bits per heavy atom. The van der Waals surface area contributed by atoms with Crippen molar-refractivity contribution in [2.45, 2.75) is 18.6 Å². The summed E-state index contributed by atoms with van der Waals surface area (Å²) in [5.74, 6) is -0.376. The van der Waals surface area contributed by atoms with Crippen molar-refractivity contribution in [1.29, 1.82) is 5.26 Å². The molecule has 1 unspecified atom stereocenters. The van der Waals surface area contributed by atoms with Gasteiger partial charge in [0.25, 0.3) is 0 Å². The number of carbonyl (C=O) groups is 1. The van der Waals surface area contributed by atoms with E-state index in [1.165, 1.54) is 0 Å². The maximum Gasteiger partial charge on any atom is 0.320 e. The number of hydrogen-bond acceptors (Lipinski definition) is 4. The van der Waals surface area contributed by atoms with Crippen molar-refractivity contribution in [2.24, 2.45) is 0 Å². The molecule has 0 aliphatic heterocycles. The highest BCUT2D eigenvalue weighted by Crippen LogP contribution is 2.22. The van der Waals surface area contributed by atoms with Crippen LogP contribution in [0.5, 0.6) is 0 Å². The molecule has 90 valence electrons. The third-order valence-electron chi connectivity index (χ3n) is 2.11. The van der Waals surface area contributed by atoms with Crippen molar-refractivity contribution < 1.29 is 9.53 Å². The van der Waals surface area contributed by atoms with Gasteiger partial charge in [0.1, 0.15) is 10.7 Å². The zero-order valence-corrected chi connectivity index (χ0v) is 10.9. The van der Waals surface area contributed by atoms with Crippen LogP contribution >= 0.6 is 23.4 Å². The predicted molar refractivity (Wildman–Crippen MR) is 68.8 cm³/mol. The van der Waals surface area contributed by atoms with Gasteiger partial charge in [-0.2, -0.15) is 5.26 Å². The lowest BCUT2D eigenvalue weighted by Gasteiger charge is -2.12. The lowest BCUT2D eigenvalue weighted by atomic mass is 10.1. The number of halogens is 1. The molecule has 0 radical (unpaired) electrons. The minimum Gasteiger partial charge on any atom is -0.465 e. The van der Waals surface area contributed by atoms with Gasteiger partial charge in [0.15, 0.2) is 0 Å². The van der Waals surface area contributed by atoms with E-state index in [0.717, 1.165) is 17.3 Å². The minimum absolute atomic E-state index is 0.309. The topological polar surface area (TPSA) is 50.1 Å². The molecule has 3 nitrogen and oxygen atoms in total. The smallest absolute Gasteiger partial charge is 0.320 e. The molecule has 1 aromatic carbocycles. The quantitative estimate of drug-likeness (QED) is 0.609. The molecular weight excluding hydrogens is 258 g/mol. The first-order chi connectivity index (χ1) is 8.19. The summed E-state index contributed by atoms with van der Waals surface area (Å²) < 4.78 is 4.91. The first-order valence-corrected chi connectivity index (χ1v) is 6.39.